The molecule has 0 amide bonds. The topological polar surface area (TPSA) is 12.0 Å². The fraction of sp³-hybridized carbons (Fsp3) is 0.500. The largest absolute Gasteiger partial charge is 0.312 e. The second-order valence-corrected chi connectivity index (χ2v) is 5.73. The standard InChI is InChI=1S/C16H25N/c1-13-9-10-15(14(2)12-13)8-6-7-11-17-16(3,4)5/h6,8-10,12,17H,7,11H2,1-5H3. The molecule has 1 N–H and O–H groups in total. The lowest BCUT2D eigenvalue weighted by atomic mass is 10.1. The first-order chi connectivity index (χ1) is 7.88. The Bertz CT molecular complexity index is 383. The lowest BCUT2D eigenvalue weighted by Gasteiger charge is -2.19. The first-order valence-electron chi connectivity index (χ1n) is 6.37. The second kappa shape index (κ2) is 6.02. The maximum atomic E-state index is 3.48. The Labute approximate surface area is 106 Å². The van der Waals surface area contributed by atoms with Gasteiger partial charge in [-0.3, -0.25) is 0 Å². The normalized spacial score (nSPS) is 12.3. The summed E-state index contributed by atoms with van der Waals surface area (Å²) in [7, 11) is 0. The van der Waals surface area contributed by atoms with Gasteiger partial charge in [-0.05, 0) is 58.7 Å². The third-order valence-corrected chi connectivity index (χ3v) is 2.69. The van der Waals surface area contributed by atoms with Gasteiger partial charge in [0.1, 0.15) is 0 Å². The number of aryl methyl sites for hydroxylation is 2. The van der Waals surface area contributed by atoms with Gasteiger partial charge in [0.05, 0.1) is 0 Å². The fourth-order valence-electron chi connectivity index (χ4n) is 1.75. The molecule has 0 fully saturated rings. The number of hydrogen-bond donors (Lipinski definition) is 1. The summed E-state index contributed by atoms with van der Waals surface area (Å²) >= 11 is 0. The van der Waals surface area contributed by atoms with Gasteiger partial charge in [-0.25, -0.2) is 0 Å². The maximum absolute atomic E-state index is 3.48. The molecule has 94 valence electrons. The third-order valence-electron chi connectivity index (χ3n) is 2.69. The Morgan fingerprint density at radius 2 is 1.88 bits per heavy atom. The van der Waals surface area contributed by atoms with Gasteiger partial charge in [0.15, 0.2) is 0 Å². The number of nitrogens with one attached hydrogen (secondary N) is 1. The molecule has 0 saturated carbocycles. The molecule has 0 heterocycles. The Hall–Kier alpha value is -1.08. The van der Waals surface area contributed by atoms with E-state index in [1.54, 1.807) is 0 Å². The van der Waals surface area contributed by atoms with Crippen molar-refractivity contribution in [2.24, 2.45) is 0 Å². The summed E-state index contributed by atoms with van der Waals surface area (Å²) in [5, 5.41) is 3.48. The first-order valence-corrected chi connectivity index (χ1v) is 6.37. The Morgan fingerprint density at radius 1 is 1.18 bits per heavy atom. The predicted molar refractivity (Wildman–Crippen MR) is 77.3 cm³/mol. The maximum Gasteiger partial charge on any atom is 0.00966 e. The SMILES string of the molecule is Cc1ccc(C=CCCNC(C)(C)C)c(C)c1. The van der Waals surface area contributed by atoms with Crippen LogP contribution in [0.25, 0.3) is 6.08 Å². The number of hydrogen-bond acceptors (Lipinski definition) is 1. The monoisotopic (exact) mass is 231 g/mol. The van der Waals surface area contributed by atoms with Crippen molar-refractivity contribution < 1.29 is 0 Å². The van der Waals surface area contributed by atoms with Crippen LogP contribution in [-0.4, -0.2) is 12.1 Å². The zero-order chi connectivity index (χ0) is 12.9. The quantitative estimate of drug-likeness (QED) is 0.769. The first kappa shape index (κ1) is 14.0. The minimum Gasteiger partial charge on any atom is -0.312 e. The van der Waals surface area contributed by atoms with Crippen LogP contribution in [0.1, 0.15) is 43.9 Å². The molecule has 0 atom stereocenters. The molecule has 1 aromatic carbocycles. The van der Waals surface area contributed by atoms with E-state index >= 15 is 0 Å². The number of rotatable bonds is 4. The summed E-state index contributed by atoms with van der Waals surface area (Å²) in [5.74, 6) is 0. The van der Waals surface area contributed by atoms with Gasteiger partial charge >= 0.3 is 0 Å². The number of benzene rings is 1. The Morgan fingerprint density at radius 3 is 2.47 bits per heavy atom. The average molecular weight is 231 g/mol. The fourth-order valence-corrected chi connectivity index (χ4v) is 1.75. The van der Waals surface area contributed by atoms with Crippen LogP contribution in [0.2, 0.25) is 0 Å². The van der Waals surface area contributed by atoms with Crippen LogP contribution in [0, 0.1) is 13.8 Å². The van der Waals surface area contributed by atoms with E-state index in [4.69, 9.17) is 0 Å². The highest BCUT2D eigenvalue weighted by Crippen LogP contribution is 2.12. The Kier molecular flexibility index (Phi) is 4.95. The molecule has 1 nitrogen and oxygen atoms in total. The minimum atomic E-state index is 0.216. The van der Waals surface area contributed by atoms with E-state index in [9.17, 15) is 0 Å². The Balaban J connectivity index is 2.43. The van der Waals surface area contributed by atoms with E-state index in [1.807, 2.05) is 0 Å². The molecular formula is C16H25N. The molecule has 0 spiro atoms. The second-order valence-electron chi connectivity index (χ2n) is 5.73. The van der Waals surface area contributed by atoms with Gasteiger partial charge in [-0.15, -0.1) is 0 Å². The van der Waals surface area contributed by atoms with Gasteiger partial charge in [0, 0.05) is 5.54 Å². The highest BCUT2D eigenvalue weighted by molar-refractivity contribution is 5.54. The van der Waals surface area contributed by atoms with Crippen molar-refractivity contribution in [2.75, 3.05) is 6.54 Å². The smallest absolute Gasteiger partial charge is 0.00966 e. The summed E-state index contributed by atoms with van der Waals surface area (Å²) in [5.41, 5.74) is 4.22. The van der Waals surface area contributed by atoms with Crippen LogP contribution in [0.15, 0.2) is 24.3 Å². The van der Waals surface area contributed by atoms with Crippen molar-refractivity contribution >= 4 is 6.08 Å². The molecule has 0 aliphatic rings. The molecule has 0 aliphatic carbocycles. The zero-order valence-corrected chi connectivity index (χ0v) is 11.8. The van der Waals surface area contributed by atoms with Crippen molar-refractivity contribution in [3.05, 3.63) is 41.0 Å². The van der Waals surface area contributed by atoms with Crippen molar-refractivity contribution in [1.29, 1.82) is 0 Å². The molecule has 0 aromatic heterocycles. The third kappa shape index (κ3) is 5.69. The average Bonchev–Trinajstić information content (AvgIpc) is 2.18. The van der Waals surface area contributed by atoms with Gasteiger partial charge in [-0.2, -0.15) is 0 Å². The molecule has 1 aromatic rings. The van der Waals surface area contributed by atoms with E-state index in [2.05, 4.69) is 70.3 Å². The molecule has 0 aliphatic heterocycles. The minimum absolute atomic E-state index is 0.216. The lowest BCUT2D eigenvalue weighted by molar-refractivity contribution is 0.431. The van der Waals surface area contributed by atoms with Crippen molar-refractivity contribution in [1.82, 2.24) is 5.32 Å². The highest BCUT2D eigenvalue weighted by Gasteiger charge is 2.06. The van der Waals surface area contributed by atoms with E-state index < -0.39 is 0 Å². The predicted octanol–water partition coefficient (Wildman–Crippen LogP) is 4.09. The lowest BCUT2D eigenvalue weighted by Crippen LogP contribution is -2.36. The van der Waals surface area contributed by atoms with E-state index in [0.717, 1.165) is 13.0 Å². The summed E-state index contributed by atoms with van der Waals surface area (Å²) in [6, 6.07) is 6.59. The van der Waals surface area contributed by atoms with Crippen LogP contribution in [-0.2, 0) is 0 Å². The molecule has 1 heteroatoms. The van der Waals surface area contributed by atoms with Crippen LogP contribution in [0.4, 0.5) is 0 Å². The van der Waals surface area contributed by atoms with Crippen LogP contribution < -0.4 is 5.32 Å². The van der Waals surface area contributed by atoms with Gasteiger partial charge in [0.25, 0.3) is 0 Å². The molecule has 17 heavy (non-hydrogen) atoms. The van der Waals surface area contributed by atoms with Crippen LogP contribution >= 0.6 is 0 Å². The van der Waals surface area contributed by atoms with E-state index in [1.165, 1.54) is 16.7 Å². The van der Waals surface area contributed by atoms with Gasteiger partial charge in [0.2, 0.25) is 0 Å². The van der Waals surface area contributed by atoms with E-state index in [-0.39, 0.29) is 5.54 Å². The van der Waals surface area contributed by atoms with Crippen LogP contribution in [0.3, 0.4) is 0 Å². The molecule has 0 unspecified atom stereocenters. The van der Waals surface area contributed by atoms with Gasteiger partial charge < -0.3 is 5.32 Å². The molecule has 0 saturated heterocycles. The van der Waals surface area contributed by atoms with Crippen molar-refractivity contribution in [3.8, 4) is 0 Å². The van der Waals surface area contributed by atoms with Crippen molar-refractivity contribution in [2.45, 2.75) is 46.6 Å². The van der Waals surface area contributed by atoms with Crippen molar-refractivity contribution in [3.63, 3.8) is 0 Å². The van der Waals surface area contributed by atoms with E-state index in [0.29, 0.717) is 0 Å². The molecule has 0 bridgehead atoms. The highest BCUT2D eigenvalue weighted by atomic mass is 14.9. The summed E-state index contributed by atoms with van der Waals surface area (Å²) in [6.07, 6.45) is 5.54. The summed E-state index contributed by atoms with van der Waals surface area (Å²) < 4.78 is 0. The molecule has 1 rings (SSSR count). The van der Waals surface area contributed by atoms with Crippen LogP contribution in [0.5, 0.6) is 0 Å². The molecular weight excluding hydrogens is 206 g/mol. The molecule has 0 radical (unpaired) electrons. The summed E-state index contributed by atoms with van der Waals surface area (Å²) in [4.78, 5) is 0. The zero-order valence-electron chi connectivity index (χ0n) is 11.8. The summed E-state index contributed by atoms with van der Waals surface area (Å²) in [6.45, 7) is 11.9. The van der Waals surface area contributed by atoms with Gasteiger partial charge in [-0.1, -0.05) is 35.9 Å².